The summed E-state index contributed by atoms with van der Waals surface area (Å²) in [7, 11) is 0. The lowest BCUT2D eigenvalue weighted by molar-refractivity contribution is -0.122. The van der Waals surface area contributed by atoms with Gasteiger partial charge in [-0.25, -0.2) is 4.79 Å². The van der Waals surface area contributed by atoms with Gasteiger partial charge in [0, 0.05) is 6.54 Å². The van der Waals surface area contributed by atoms with Crippen LogP contribution in [0.2, 0.25) is 0 Å². The molecule has 5 N–H and O–H groups in total. The fourth-order valence-electron chi connectivity index (χ4n) is 1.67. The number of carbonyl (C=O) groups excluding carboxylic acids is 2. The first-order valence-electron chi connectivity index (χ1n) is 5.49. The third kappa shape index (κ3) is 5.17. The molecule has 0 fully saturated rings. The lowest BCUT2D eigenvalue weighted by atomic mass is 10.1. The van der Waals surface area contributed by atoms with E-state index in [2.05, 4.69) is 0 Å². The van der Waals surface area contributed by atoms with Gasteiger partial charge in [0.2, 0.25) is 11.8 Å². The van der Waals surface area contributed by atoms with E-state index in [1.807, 2.05) is 0 Å². The molecule has 0 bridgehead atoms. The molecular weight excluding hydrogens is 250 g/mol. The molecule has 7 heteroatoms. The van der Waals surface area contributed by atoms with Crippen LogP contribution in [0, 0.1) is 0 Å². The van der Waals surface area contributed by atoms with Crippen LogP contribution in [-0.2, 0) is 16.1 Å². The van der Waals surface area contributed by atoms with Crippen LogP contribution in [-0.4, -0.2) is 40.9 Å². The molecule has 0 atom stereocenters. The standard InChI is InChI=1S/C12H15N3O4/c13-10(16)6-15(7-11(14)17)5-8-2-1-3-9(4-8)12(18)19/h1-4H,5-7H2,(H2,13,16)(H2,14,17)(H,18,19). The van der Waals surface area contributed by atoms with E-state index in [0.717, 1.165) is 0 Å². The van der Waals surface area contributed by atoms with Crippen molar-refractivity contribution in [3.8, 4) is 0 Å². The summed E-state index contributed by atoms with van der Waals surface area (Å²) in [5.41, 5.74) is 10.9. The van der Waals surface area contributed by atoms with Gasteiger partial charge in [0.25, 0.3) is 0 Å². The van der Waals surface area contributed by atoms with E-state index in [0.29, 0.717) is 5.56 Å². The first-order valence-corrected chi connectivity index (χ1v) is 5.49. The first-order chi connectivity index (χ1) is 8.88. The Hall–Kier alpha value is -2.41. The van der Waals surface area contributed by atoms with Gasteiger partial charge in [-0.1, -0.05) is 12.1 Å². The van der Waals surface area contributed by atoms with Crippen molar-refractivity contribution < 1.29 is 19.5 Å². The minimum atomic E-state index is -1.04. The molecule has 0 aromatic heterocycles. The average Bonchev–Trinajstić information content (AvgIpc) is 2.27. The molecule has 1 aromatic rings. The van der Waals surface area contributed by atoms with E-state index in [4.69, 9.17) is 16.6 Å². The number of carboxylic acid groups (broad SMARTS) is 1. The number of nitrogens with two attached hydrogens (primary N) is 2. The molecule has 0 unspecified atom stereocenters. The van der Waals surface area contributed by atoms with E-state index < -0.39 is 17.8 Å². The molecule has 0 saturated carbocycles. The molecule has 1 rings (SSSR count). The predicted octanol–water partition coefficient (Wildman–Crippen LogP) is -0.843. The Morgan fingerprint density at radius 1 is 1.11 bits per heavy atom. The van der Waals surface area contributed by atoms with Crippen molar-refractivity contribution >= 4 is 17.8 Å². The molecule has 7 nitrogen and oxygen atoms in total. The van der Waals surface area contributed by atoms with Crippen molar-refractivity contribution in [2.75, 3.05) is 13.1 Å². The van der Waals surface area contributed by atoms with Crippen LogP contribution in [0.1, 0.15) is 15.9 Å². The number of nitrogens with zero attached hydrogens (tertiary/aromatic N) is 1. The Labute approximate surface area is 109 Å². The number of rotatable bonds is 7. The van der Waals surface area contributed by atoms with Crippen molar-refractivity contribution in [3.05, 3.63) is 35.4 Å². The van der Waals surface area contributed by atoms with Gasteiger partial charge in [0.15, 0.2) is 0 Å². The van der Waals surface area contributed by atoms with Crippen LogP contribution < -0.4 is 11.5 Å². The van der Waals surface area contributed by atoms with Gasteiger partial charge in [-0.2, -0.15) is 0 Å². The summed E-state index contributed by atoms with van der Waals surface area (Å²) in [5.74, 6) is -2.22. The number of amides is 2. The van der Waals surface area contributed by atoms with Crippen LogP contribution in [0.25, 0.3) is 0 Å². The number of hydrogen-bond donors (Lipinski definition) is 3. The van der Waals surface area contributed by atoms with E-state index in [9.17, 15) is 14.4 Å². The molecule has 0 heterocycles. The topological polar surface area (TPSA) is 127 Å². The highest BCUT2D eigenvalue weighted by Crippen LogP contribution is 2.08. The highest BCUT2D eigenvalue weighted by Gasteiger charge is 2.12. The monoisotopic (exact) mass is 265 g/mol. The lowest BCUT2D eigenvalue weighted by Gasteiger charge is -2.19. The molecule has 0 aliphatic carbocycles. The Kier molecular flexibility index (Phi) is 5.01. The quantitative estimate of drug-likeness (QED) is 0.592. The highest BCUT2D eigenvalue weighted by molar-refractivity contribution is 5.87. The Morgan fingerprint density at radius 2 is 1.68 bits per heavy atom. The van der Waals surface area contributed by atoms with E-state index in [1.165, 1.54) is 17.0 Å². The number of benzene rings is 1. The zero-order chi connectivity index (χ0) is 14.4. The van der Waals surface area contributed by atoms with Crippen LogP contribution in [0.4, 0.5) is 0 Å². The molecule has 102 valence electrons. The second-order valence-corrected chi connectivity index (χ2v) is 4.08. The summed E-state index contributed by atoms with van der Waals surface area (Å²) < 4.78 is 0. The summed E-state index contributed by atoms with van der Waals surface area (Å²) in [4.78, 5) is 34.1. The van der Waals surface area contributed by atoms with E-state index >= 15 is 0 Å². The summed E-state index contributed by atoms with van der Waals surface area (Å²) in [6.07, 6.45) is 0. The smallest absolute Gasteiger partial charge is 0.335 e. The lowest BCUT2D eigenvalue weighted by Crippen LogP contribution is -2.39. The predicted molar refractivity (Wildman–Crippen MR) is 67.1 cm³/mol. The number of aromatic carboxylic acids is 1. The maximum atomic E-state index is 10.9. The average molecular weight is 265 g/mol. The minimum Gasteiger partial charge on any atom is -0.478 e. The second kappa shape index (κ2) is 6.50. The molecule has 0 aliphatic rings. The maximum Gasteiger partial charge on any atom is 0.335 e. The molecule has 2 amide bonds. The molecule has 19 heavy (non-hydrogen) atoms. The van der Waals surface area contributed by atoms with Gasteiger partial charge in [0.05, 0.1) is 18.7 Å². The number of primary amides is 2. The summed E-state index contributed by atoms with van der Waals surface area (Å²) >= 11 is 0. The normalized spacial score (nSPS) is 10.4. The summed E-state index contributed by atoms with van der Waals surface area (Å²) in [5, 5.41) is 8.87. The summed E-state index contributed by atoms with van der Waals surface area (Å²) in [6, 6.07) is 6.21. The molecular formula is C12H15N3O4. The highest BCUT2D eigenvalue weighted by atomic mass is 16.4. The van der Waals surface area contributed by atoms with Crippen LogP contribution in [0.15, 0.2) is 24.3 Å². The fourth-order valence-corrected chi connectivity index (χ4v) is 1.67. The first kappa shape index (κ1) is 14.7. The molecule has 0 radical (unpaired) electrons. The van der Waals surface area contributed by atoms with Crippen LogP contribution >= 0.6 is 0 Å². The number of hydrogen-bond acceptors (Lipinski definition) is 4. The van der Waals surface area contributed by atoms with Crippen molar-refractivity contribution in [1.82, 2.24) is 4.90 Å². The molecule has 0 spiro atoms. The van der Waals surface area contributed by atoms with Gasteiger partial charge in [-0.3, -0.25) is 14.5 Å². The fraction of sp³-hybridized carbons (Fsp3) is 0.250. The van der Waals surface area contributed by atoms with Crippen molar-refractivity contribution in [2.45, 2.75) is 6.54 Å². The van der Waals surface area contributed by atoms with Crippen molar-refractivity contribution in [2.24, 2.45) is 11.5 Å². The third-order valence-electron chi connectivity index (χ3n) is 2.34. The number of carbonyl (C=O) groups is 3. The van der Waals surface area contributed by atoms with Crippen LogP contribution in [0.5, 0.6) is 0 Å². The zero-order valence-corrected chi connectivity index (χ0v) is 10.2. The minimum absolute atomic E-state index is 0.125. The number of carboxylic acids is 1. The van der Waals surface area contributed by atoms with Gasteiger partial charge >= 0.3 is 5.97 Å². The Bertz CT molecular complexity index is 486. The van der Waals surface area contributed by atoms with Crippen molar-refractivity contribution in [1.29, 1.82) is 0 Å². The summed E-state index contributed by atoms with van der Waals surface area (Å²) in [6.45, 7) is -0.0342. The maximum absolute atomic E-state index is 10.9. The van der Waals surface area contributed by atoms with Gasteiger partial charge in [-0.05, 0) is 17.7 Å². The van der Waals surface area contributed by atoms with Gasteiger partial charge in [0.1, 0.15) is 0 Å². The Morgan fingerprint density at radius 3 is 2.16 bits per heavy atom. The van der Waals surface area contributed by atoms with Gasteiger partial charge in [-0.15, -0.1) is 0 Å². The SMILES string of the molecule is NC(=O)CN(CC(N)=O)Cc1cccc(C(=O)O)c1. The van der Waals surface area contributed by atoms with E-state index in [1.54, 1.807) is 12.1 Å². The van der Waals surface area contributed by atoms with Gasteiger partial charge < -0.3 is 16.6 Å². The van der Waals surface area contributed by atoms with Crippen LogP contribution in [0.3, 0.4) is 0 Å². The van der Waals surface area contributed by atoms with E-state index in [-0.39, 0.29) is 25.2 Å². The zero-order valence-electron chi connectivity index (χ0n) is 10.2. The largest absolute Gasteiger partial charge is 0.478 e. The Balaban J connectivity index is 2.82. The molecule has 0 aliphatic heterocycles. The second-order valence-electron chi connectivity index (χ2n) is 4.08. The van der Waals surface area contributed by atoms with Crippen molar-refractivity contribution in [3.63, 3.8) is 0 Å². The third-order valence-corrected chi connectivity index (χ3v) is 2.34. The molecule has 1 aromatic carbocycles. The molecule has 0 saturated heterocycles.